The van der Waals surface area contributed by atoms with Gasteiger partial charge in [0.05, 0.1) is 9.79 Å². The van der Waals surface area contributed by atoms with Crippen LogP contribution in [0.4, 0.5) is 0 Å². The monoisotopic (exact) mass is 325 g/mol. The smallest absolute Gasteiger partial charge is 0.211 e. The summed E-state index contributed by atoms with van der Waals surface area (Å²) in [4.78, 5) is -0.348. The van der Waals surface area contributed by atoms with E-state index in [1.165, 1.54) is 18.2 Å². The summed E-state index contributed by atoms with van der Waals surface area (Å²) in [6, 6.07) is 4.95. The molecule has 0 aliphatic heterocycles. The number of sulfonamides is 1. The van der Waals surface area contributed by atoms with Gasteiger partial charge in [0.25, 0.3) is 9.05 Å². The number of hydrogen-bond acceptors (Lipinski definition) is 4. The number of halogens is 1. The quantitative estimate of drug-likeness (QED) is 0.810. The molecule has 0 heterocycles. The van der Waals surface area contributed by atoms with Crippen molar-refractivity contribution in [2.75, 3.05) is 6.54 Å². The van der Waals surface area contributed by atoms with Gasteiger partial charge in [-0.15, -0.1) is 0 Å². The van der Waals surface area contributed by atoms with E-state index in [2.05, 4.69) is 4.72 Å². The van der Waals surface area contributed by atoms with Gasteiger partial charge in [-0.3, -0.25) is 0 Å². The van der Waals surface area contributed by atoms with Crippen LogP contribution in [0.25, 0.3) is 0 Å². The summed E-state index contributed by atoms with van der Waals surface area (Å²) in [6.07, 6.45) is 0.701. The van der Waals surface area contributed by atoms with Crippen LogP contribution in [0.1, 0.15) is 20.3 Å². The van der Waals surface area contributed by atoms with E-state index in [0.29, 0.717) is 18.9 Å². The zero-order chi connectivity index (χ0) is 14.7. The Morgan fingerprint density at radius 1 is 1.16 bits per heavy atom. The molecule has 0 saturated heterocycles. The zero-order valence-corrected chi connectivity index (χ0v) is 13.0. The second-order valence-electron chi connectivity index (χ2n) is 4.49. The Labute approximate surface area is 118 Å². The molecule has 108 valence electrons. The van der Waals surface area contributed by atoms with E-state index in [1.807, 2.05) is 13.8 Å². The minimum Gasteiger partial charge on any atom is -0.211 e. The lowest BCUT2D eigenvalue weighted by Crippen LogP contribution is -2.25. The second-order valence-corrected chi connectivity index (χ2v) is 8.83. The highest BCUT2D eigenvalue weighted by molar-refractivity contribution is 8.13. The molecule has 0 saturated carbocycles. The average Bonchev–Trinajstić information content (AvgIpc) is 2.27. The Bertz CT molecular complexity index is 638. The van der Waals surface area contributed by atoms with Crippen LogP contribution in [-0.4, -0.2) is 23.4 Å². The second kappa shape index (κ2) is 6.21. The predicted molar refractivity (Wildman–Crippen MR) is 74.1 cm³/mol. The third kappa shape index (κ3) is 5.10. The molecule has 1 aromatic carbocycles. The summed E-state index contributed by atoms with van der Waals surface area (Å²) in [7, 11) is -2.47. The average molecular weight is 326 g/mol. The van der Waals surface area contributed by atoms with Gasteiger partial charge in [-0.2, -0.15) is 0 Å². The predicted octanol–water partition coefficient (Wildman–Crippen LogP) is 1.94. The molecule has 0 aromatic heterocycles. The van der Waals surface area contributed by atoms with Gasteiger partial charge in [0.2, 0.25) is 10.0 Å². The fraction of sp³-hybridized carbons (Fsp3) is 0.455. The Kier molecular flexibility index (Phi) is 5.37. The summed E-state index contributed by atoms with van der Waals surface area (Å²) in [5, 5.41) is 0. The highest BCUT2D eigenvalue weighted by Gasteiger charge is 2.17. The number of hydrogen-bond donors (Lipinski definition) is 1. The first kappa shape index (κ1) is 16.4. The van der Waals surface area contributed by atoms with Crippen molar-refractivity contribution < 1.29 is 16.8 Å². The number of nitrogens with one attached hydrogen (secondary N) is 1. The van der Waals surface area contributed by atoms with E-state index in [1.54, 1.807) is 0 Å². The van der Waals surface area contributed by atoms with Crippen molar-refractivity contribution in [3.8, 4) is 0 Å². The fourth-order valence-corrected chi connectivity index (χ4v) is 3.32. The molecule has 5 nitrogen and oxygen atoms in total. The fourth-order valence-electron chi connectivity index (χ4n) is 1.36. The molecule has 0 aliphatic carbocycles. The van der Waals surface area contributed by atoms with Crippen molar-refractivity contribution in [1.82, 2.24) is 4.72 Å². The van der Waals surface area contributed by atoms with Gasteiger partial charge >= 0.3 is 0 Å². The molecule has 0 spiro atoms. The highest BCUT2D eigenvalue weighted by Crippen LogP contribution is 2.19. The van der Waals surface area contributed by atoms with E-state index in [4.69, 9.17) is 10.7 Å². The van der Waals surface area contributed by atoms with Crippen LogP contribution in [-0.2, 0) is 19.1 Å². The SMILES string of the molecule is CC(C)CCNS(=O)(=O)c1cccc(S(=O)(=O)Cl)c1. The maximum Gasteiger partial charge on any atom is 0.261 e. The van der Waals surface area contributed by atoms with Crippen LogP contribution in [0, 0.1) is 5.92 Å². The summed E-state index contributed by atoms with van der Waals surface area (Å²) in [5.41, 5.74) is 0. The molecule has 0 amide bonds. The van der Waals surface area contributed by atoms with Gasteiger partial charge < -0.3 is 0 Å². The van der Waals surface area contributed by atoms with Gasteiger partial charge in [-0.25, -0.2) is 21.6 Å². The van der Waals surface area contributed by atoms with Crippen LogP contribution in [0.3, 0.4) is 0 Å². The summed E-state index contributed by atoms with van der Waals surface area (Å²) >= 11 is 0. The van der Waals surface area contributed by atoms with Crippen molar-refractivity contribution in [3.05, 3.63) is 24.3 Å². The van der Waals surface area contributed by atoms with Gasteiger partial charge in [-0.1, -0.05) is 19.9 Å². The molecular formula is C11H16ClNO4S2. The first-order valence-corrected chi connectivity index (χ1v) is 9.46. The van der Waals surface area contributed by atoms with Gasteiger partial charge in [0.15, 0.2) is 0 Å². The number of rotatable bonds is 6. The lowest BCUT2D eigenvalue weighted by atomic mass is 10.1. The topological polar surface area (TPSA) is 80.3 Å². The minimum atomic E-state index is -3.94. The van der Waals surface area contributed by atoms with Crippen LogP contribution in [0.15, 0.2) is 34.1 Å². The summed E-state index contributed by atoms with van der Waals surface area (Å²) in [5.74, 6) is 0.372. The maximum absolute atomic E-state index is 11.9. The van der Waals surface area contributed by atoms with Crippen molar-refractivity contribution in [2.24, 2.45) is 5.92 Å². The van der Waals surface area contributed by atoms with E-state index >= 15 is 0 Å². The third-order valence-electron chi connectivity index (χ3n) is 2.41. The number of benzene rings is 1. The normalized spacial score (nSPS) is 12.8. The van der Waals surface area contributed by atoms with E-state index in [9.17, 15) is 16.8 Å². The molecule has 0 bridgehead atoms. The molecule has 0 unspecified atom stereocenters. The Morgan fingerprint density at radius 3 is 2.26 bits per heavy atom. The molecule has 1 N–H and O–H groups in total. The molecular weight excluding hydrogens is 310 g/mol. The zero-order valence-electron chi connectivity index (χ0n) is 10.6. The van der Waals surface area contributed by atoms with Gasteiger partial charge in [-0.05, 0) is 30.5 Å². The summed E-state index contributed by atoms with van der Waals surface area (Å²) in [6.45, 7) is 4.27. The molecule has 8 heteroatoms. The minimum absolute atomic E-state index is 0.113. The van der Waals surface area contributed by atoms with Crippen molar-refractivity contribution >= 4 is 29.8 Å². The molecule has 1 aromatic rings. The first-order valence-electron chi connectivity index (χ1n) is 5.67. The largest absolute Gasteiger partial charge is 0.261 e. The molecule has 1 rings (SSSR count). The van der Waals surface area contributed by atoms with Gasteiger partial charge in [0.1, 0.15) is 0 Å². The third-order valence-corrected chi connectivity index (χ3v) is 5.22. The van der Waals surface area contributed by atoms with Crippen LogP contribution >= 0.6 is 10.7 Å². The molecule has 0 radical (unpaired) electrons. The Hall–Kier alpha value is -0.630. The molecule has 0 fully saturated rings. The van der Waals surface area contributed by atoms with Crippen molar-refractivity contribution in [3.63, 3.8) is 0 Å². The Morgan fingerprint density at radius 2 is 1.74 bits per heavy atom. The highest BCUT2D eigenvalue weighted by atomic mass is 35.7. The molecule has 19 heavy (non-hydrogen) atoms. The van der Waals surface area contributed by atoms with Gasteiger partial charge in [0, 0.05) is 17.2 Å². The lowest BCUT2D eigenvalue weighted by molar-refractivity contribution is 0.551. The van der Waals surface area contributed by atoms with E-state index < -0.39 is 19.1 Å². The van der Waals surface area contributed by atoms with Crippen LogP contribution in [0.2, 0.25) is 0 Å². The lowest BCUT2D eigenvalue weighted by Gasteiger charge is -2.08. The molecule has 0 aliphatic rings. The summed E-state index contributed by atoms with van der Waals surface area (Å²) < 4.78 is 48.6. The van der Waals surface area contributed by atoms with E-state index in [0.717, 1.165) is 6.07 Å². The van der Waals surface area contributed by atoms with Crippen molar-refractivity contribution in [2.45, 2.75) is 30.1 Å². The Balaban J connectivity index is 2.96. The van der Waals surface area contributed by atoms with Crippen LogP contribution in [0.5, 0.6) is 0 Å². The van der Waals surface area contributed by atoms with Crippen molar-refractivity contribution in [1.29, 1.82) is 0 Å². The first-order chi connectivity index (χ1) is 8.63. The maximum atomic E-state index is 11.9. The van der Waals surface area contributed by atoms with E-state index in [-0.39, 0.29) is 9.79 Å². The molecule has 0 atom stereocenters. The van der Waals surface area contributed by atoms with Crippen LogP contribution < -0.4 is 4.72 Å². The standard InChI is InChI=1S/C11H16ClNO4S2/c1-9(2)6-7-13-19(16,17)11-5-3-4-10(8-11)18(12,14)15/h3-5,8-9,13H,6-7H2,1-2H3.